The Labute approximate surface area is 121 Å². The van der Waals surface area contributed by atoms with Crippen molar-refractivity contribution >= 4 is 15.7 Å². The Morgan fingerprint density at radius 3 is 2.45 bits per heavy atom. The fraction of sp³-hybridized carbons (Fsp3) is 0.600. The Morgan fingerprint density at radius 2 is 1.75 bits per heavy atom. The van der Waals surface area contributed by atoms with Crippen LogP contribution in [0.15, 0.2) is 12.1 Å². The predicted octanol–water partition coefficient (Wildman–Crippen LogP) is 1.79. The highest BCUT2D eigenvalue weighted by atomic mass is 32.2. The van der Waals surface area contributed by atoms with Crippen molar-refractivity contribution in [3.05, 3.63) is 28.8 Å². The fourth-order valence-corrected chi connectivity index (χ4v) is 4.14. The molecule has 4 nitrogen and oxygen atoms in total. The van der Waals surface area contributed by atoms with Gasteiger partial charge in [-0.25, -0.2) is 8.42 Å². The summed E-state index contributed by atoms with van der Waals surface area (Å²) in [6, 6.07) is 4.30. The molecule has 2 heterocycles. The van der Waals surface area contributed by atoms with E-state index in [1.165, 1.54) is 11.1 Å². The molecular formula is C15H22N2O2S. The number of likely N-dealkylation sites (N-methyl/N-ethyl adjacent to an activating group) is 1. The lowest BCUT2D eigenvalue weighted by Gasteiger charge is -2.13. The van der Waals surface area contributed by atoms with Crippen LogP contribution in [-0.4, -0.2) is 38.7 Å². The van der Waals surface area contributed by atoms with Gasteiger partial charge in [0.2, 0.25) is 10.0 Å². The molecule has 2 aliphatic heterocycles. The van der Waals surface area contributed by atoms with Gasteiger partial charge in [0.05, 0.1) is 10.9 Å². The number of hydrogen-bond acceptors (Lipinski definition) is 3. The van der Waals surface area contributed by atoms with Crippen LogP contribution in [-0.2, 0) is 29.3 Å². The van der Waals surface area contributed by atoms with Crippen LogP contribution in [0.25, 0.3) is 0 Å². The molecule has 0 saturated carbocycles. The van der Waals surface area contributed by atoms with E-state index in [1.807, 2.05) is 0 Å². The van der Waals surface area contributed by atoms with Crippen molar-refractivity contribution in [1.82, 2.24) is 4.90 Å². The monoisotopic (exact) mass is 294 g/mol. The molecule has 0 fully saturated rings. The quantitative estimate of drug-likeness (QED) is 0.793. The van der Waals surface area contributed by atoms with E-state index >= 15 is 0 Å². The Morgan fingerprint density at radius 1 is 1.10 bits per heavy atom. The molecular weight excluding hydrogens is 272 g/mol. The summed E-state index contributed by atoms with van der Waals surface area (Å²) in [7, 11) is -1.08. The number of rotatable bonds is 0. The lowest BCUT2D eigenvalue weighted by atomic mass is 9.96. The van der Waals surface area contributed by atoms with Crippen LogP contribution < -0.4 is 4.72 Å². The van der Waals surface area contributed by atoms with E-state index in [1.54, 1.807) is 6.92 Å². The van der Waals surface area contributed by atoms with Crippen molar-refractivity contribution in [2.24, 2.45) is 0 Å². The van der Waals surface area contributed by atoms with E-state index < -0.39 is 10.0 Å². The first-order valence-corrected chi connectivity index (χ1v) is 8.85. The molecule has 0 aromatic heterocycles. The molecule has 1 N–H and O–H groups in total. The summed E-state index contributed by atoms with van der Waals surface area (Å²) in [5, 5.41) is -0.319. The molecule has 0 saturated heterocycles. The van der Waals surface area contributed by atoms with Crippen molar-refractivity contribution in [3.8, 4) is 0 Å². The first kappa shape index (κ1) is 13.9. The summed E-state index contributed by atoms with van der Waals surface area (Å²) in [6.07, 6.45) is 3.59. The van der Waals surface area contributed by atoms with E-state index in [-0.39, 0.29) is 5.25 Å². The molecule has 110 valence electrons. The average Bonchev–Trinajstić information content (AvgIpc) is 2.63. The van der Waals surface area contributed by atoms with Crippen molar-refractivity contribution in [2.45, 2.75) is 37.9 Å². The number of hydrogen-bond donors (Lipinski definition) is 1. The summed E-state index contributed by atoms with van der Waals surface area (Å²) >= 11 is 0. The summed E-state index contributed by atoms with van der Waals surface area (Å²) in [5.74, 6) is 0. The predicted molar refractivity (Wildman–Crippen MR) is 81.7 cm³/mol. The minimum Gasteiger partial charge on any atom is -0.306 e. The fourth-order valence-electron chi connectivity index (χ4n) is 3.01. The highest BCUT2D eigenvalue weighted by Crippen LogP contribution is 2.30. The largest absolute Gasteiger partial charge is 0.306 e. The van der Waals surface area contributed by atoms with E-state index in [9.17, 15) is 8.42 Å². The second kappa shape index (κ2) is 5.04. The van der Waals surface area contributed by atoms with Gasteiger partial charge in [0, 0.05) is 13.1 Å². The third kappa shape index (κ3) is 2.56. The zero-order chi connectivity index (χ0) is 14.3. The molecule has 1 aromatic carbocycles. The molecule has 0 radical (unpaired) electrons. The Hall–Kier alpha value is -1.07. The number of benzene rings is 1. The molecule has 0 spiro atoms. The van der Waals surface area contributed by atoms with Crippen molar-refractivity contribution in [1.29, 1.82) is 0 Å². The molecule has 0 bridgehead atoms. The van der Waals surface area contributed by atoms with Gasteiger partial charge < -0.3 is 4.90 Å². The zero-order valence-electron chi connectivity index (χ0n) is 12.1. The van der Waals surface area contributed by atoms with Gasteiger partial charge >= 0.3 is 0 Å². The Balaban J connectivity index is 2.01. The number of sulfonamides is 1. The van der Waals surface area contributed by atoms with Gasteiger partial charge in [0.15, 0.2) is 0 Å². The molecule has 1 unspecified atom stereocenters. The highest BCUT2D eigenvalue weighted by Gasteiger charge is 2.26. The maximum Gasteiger partial charge on any atom is 0.235 e. The maximum atomic E-state index is 12.1. The van der Waals surface area contributed by atoms with Crippen molar-refractivity contribution in [2.75, 3.05) is 24.9 Å². The Kier molecular flexibility index (Phi) is 3.50. The number of anilines is 1. The van der Waals surface area contributed by atoms with Crippen LogP contribution in [0, 0.1) is 0 Å². The van der Waals surface area contributed by atoms with Gasteiger partial charge in [-0.3, -0.25) is 4.72 Å². The van der Waals surface area contributed by atoms with Crippen molar-refractivity contribution in [3.63, 3.8) is 0 Å². The molecule has 3 rings (SSSR count). The van der Waals surface area contributed by atoms with Crippen LogP contribution >= 0.6 is 0 Å². The molecule has 0 amide bonds. The lowest BCUT2D eigenvalue weighted by molar-refractivity contribution is 0.352. The summed E-state index contributed by atoms with van der Waals surface area (Å²) in [5.41, 5.74) is 4.64. The van der Waals surface area contributed by atoms with Gasteiger partial charge in [-0.15, -0.1) is 0 Å². The standard InChI is InChI=1S/C15H22N2O2S/c1-11-3-4-14-9-12-5-7-17(2)8-6-13(12)10-15(14)16-20(11,18)19/h9-11,16H,3-8H2,1-2H3. The minimum atomic E-state index is -3.22. The second-order valence-corrected chi connectivity index (χ2v) is 8.18. The molecule has 1 atom stereocenters. The van der Waals surface area contributed by atoms with Crippen LogP contribution in [0.5, 0.6) is 0 Å². The van der Waals surface area contributed by atoms with Crippen molar-refractivity contribution < 1.29 is 8.42 Å². The highest BCUT2D eigenvalue weighted by molar-refractivity contribution is 7.93. The van der Waals surface area contributed by atoms with Gasteiger partial charge in [-0.1, -0.05) is 6.07 Å². The number of nitrogens with one attached hydrogen (secondary N) is 1. The van der Waals surface area contributed by atoms with Crippen LogP contribution in [0.2, 0.25) is 0 Å². The van der Waals surface area contributed by atoms with Crippen LogP contribution in [0.3, 0.4) is 0 Å². The lowest BCUT2D eigenvalue weighted by Crippen LogP contribution is -2.23. The smallest absolute Gasteiger partial charge is 0.235 e. The van der Waals surface area contributed by atoms with Crippen LogP contribution in [0.4, 0.5) is 5.69 Å². The summed E-state index contributed by atoms with van der Waals surface area (Å²) < 4.78 is 27.1. The van der Waals surface area contributed by atoms with Gasteiger partial charge in [-0.2, -0.15) is 0 Å². The number of fused-ring (bicyclic) bond motifs is 2. The van der Waals surface area contributed by atoms with Gasteiger partial charge in [0.1, 0.15) is 0 Å². The maximum absolute atomic E-state index is 12.1. The summed E-state index contributed by atoms with van der Waals surface area (Å²) in [4.78, 5) is 2.33. The molecule has 20 heavy (non-hydrogen) atoms. The molecule has 0 aliphatic carbocycles. The van der Waals surface area contributed by atoms with E-state index in [2.05, 4.69) is 28.8 Å². The van der Waals surface area contributed by atoms with Crippen LogP contribution in [0.1, 0.15) is 30.0 Å². The third-order valence-electron chi connectivity index (χ3n) is 4.55. The number of aryl methyl sites for hydroxylation is 1. The third-order valence-corrected chi connectivity index (χ3v) is 6.35. The van der Waals surface area contributed by atoms with Gasteiger partial charge in [-0.05, 0) is 62.4 Å². The average molecular weight is 294 g/mol. The Bertz CT molecular complexity index is 625. The zero-order valence-corrected chi connectivity index (χ0v) is 13.0. The number of nitrogens with zero attached hydrogens (tertiary/aromatic N) is 1. The van der Waals surface area contributed by atoms with E-state index in [0.29, 0.717) is 6.42 Å². The first-order valence-electron chi connectivity index (χ1n) is 7.30. The topological polar surface area (TPSA) is 49.4 Å². The SMILES string of the molecule is CC1CCc2cc3c(cc2NS1(=O)=O)CCN(C)CC3. The molecule has 5 heteroatoms. The second-order valence-electron chi connectivity index (χ2n) is 6.08. The van der Waals surface area contributed by atoms with E-state index in [4.69, 9.17) is 0 Å². The normalized spacial score (nSPS) is 25.8. The summed E-state index contributed by atoms with van der Waals surface area (Å²) in [6.45, 7) is 3.90. The minimum absolute atomic E-state index is 0.319. The van der Waals surface area contributed by atoms with Gasteiger partial charge in [0.25, 0.3) is 0 Å². The van der Waals surface area contributed by atoms with E-state index in [0.717, 1.165) is 43.6 Å². The molecule has 2 aliphatic rings. The first-order chi connectivity index (χ1) is 9.45. The molecule has 1 aromatic rings.